The van der Waals surface area contributed by atoms with E-state index < -0.39 is 12.1 Å². The van der Waals surface area contributed by atoms with E-state index in [1.165, 1.54) is 6.21 Å². The molecule has 7 nitrogen and oxygen atoms in total. The molecule has 0 unspecified atom stereocenters. The summed E-state index contributed by atoms with van der Waals surface area (Å²) in [6.07, 6.45) is 6.25. The summed E-state index contributed by atoms with van der Waals surface area (Å²) in [7, 11) is 0. The van der Waals surface area contributed by atoms with Crippen molar-refractivity contribution in [1.82, 2.24) is 10.7 Å². The maximum Gasteiger partial charge on any atom is 0.407 e. The zero-order valence-corrected chi connectivity index (χ0v) is 18.3. The predicted octanol–water partition coefficient (Wildman–Crippen LogP) is 4.18. The lowest BCUT2D eigenvalue weighted by Crippen LogP contribution is -2.33. The van der Waals surface area contributed by atoms with Crippen molar-refractivity contribution in [1.29, 1.82) is 0 Å². The molecule has 0 bridgehead atoms. The number of ether oxygens (including phenoxy) is 2. The summed E-state index contributed by atoms with van der Waals surface area (Å²) in [5.74, 6) is 2.64. The number of hydrogen-bond acceptors (Lipinski definition) is 5. The Bertz CT molecular complexity index is 1170. The van der Waals surface area contributed by atoms with Gasteiger partial charge in [0.2, 0.25) is 5.91 Å². The number of nitrogens with one attached hydrogen (secondary N) is 2. The minimum absolute atomic E-state index is 0.0177. The molecule has 3 aromatic carbocycles. The van der Waals surface area contributed by atoms with Gasteiger partial charge in [-0.2, -0.15) is 5.10 Å². The van der Waals surface area contributed by atoms with Crippen molar-refractivity contribution in [3.05, 3.63) is 77.9 Å². The molecule has 0 saturated heterocycles. The van der Waals surface area contributed by atoms with E-state index in [4.69, 9.17) is 15.9 Å². The van der Waals surface area contributed by atoms with Crippen molar-refractivity contribution >= 4 is 29.0 Å². The van der Waals surface area contributed by atoms with Crippen LogP contribution in [0, 0.1) is 12.3 Å². The number of hydrogen-bond donors (Lipinski definition) is 2. The molecule has 2 N–H and O–H groups in total. The first kappa shape index (κ1) is 23.4. The molecule has 0 aliphatic carbocycles. The number of benzene rings is 3. The van der Waals surface area contributed by atoms with E-state index in [1.807, 2.05) is 66.7 Å². The van der Waals surface area contributed by atoms with Gasteiger partial charge >= 0.3 is 6.09 Å². The molecule has 168 valence electrons. The van der Waals surface area contributed by atoms with Gasteiger partial charge in [-0.1, -0.05) is 66.6 Å². The van der Waals surface area contributed by atoms with Crippen molar-refractivity contribution < 1.29 is 19.1 Å². The van der Waals surface area contributed by atoms with Gasteiger partial charge < -0.3 is 14.8 Å². The number of rotatable bonds is 9. The Kier molecular flexibility index (Phi) is 8.43. The van der Waals surface area contributed by atoms with Crippen LogP contribution in [0.5, 0.6) is 5.75 Å². The van der Waals surface area contributed by atoms with Gasteiger partial charge in [-0.05, 0) is 29.3 Å². The maximum atomic E-state index is 12.6. The van der Waals surface area contributed by atoms with Gasteiger partial charge in [0.15, 0.2) is 0 Å². The third kappa shape index (κ3) is 6.58. The van der Waals surface area contributed by atoms with E-state index in [9.17, 15) is 9.59 Å². The van der Waals surface area contributed by atoms with Crippen LogP contribution in [0.15, 0.2) is 71.8 Å². The SMILES string of the molecule is C#CCOc1ccc2ccccc2c1/C=N\NC(=O)C[C@H](NC(=O)OCC)c1ccccc1. The summed E-state index contributed by atoms with van der Waals surface area (Å²) >= 11 is 0. The maximum absolute atomic E-state index is 12.6. The average molecular weight is 444 g/mol. The monoisotopic (exact) mass is 443 g/mol. The number of terminal acetylenes is 1. The fourth-order valence-electron chi connectivity index (χ4n) is 3.31. The van der Waals surface area contributed by atoms with Crippen LogP contribution < -0.4 is 15.5 Å². The van der Waals surface area contributed by atoms with Crippen LogP contribution in [-0.2, 0) is 9.53 Å². The molecule has 0 aliphatic heterocycles. The van der Waals surface area contributed by atoms with Gasteiger partial charge in [-0.15, -0.1) is 6.42 Å². The lowest BCUT2D eigenvalue weighted by atomic mass is 10.0. The summed E-state index contributed by atoms with van der Waals surface area (Å²) in [5, 5.41) is 8.75. The fraction of sp³-hybridized carbons (Fsp3) is 0.192. The van der Waals surface area contributed by atoms with E-state index >= 15 is 0 Å². The Morgan fingerprint density at radius 1 is 1.09 bits per heavy atom. The minimum atomic E-state index is -0.589. The molecular formula is C26H25N3O4. The number of carbonyl (C=O) groups is 2. The molecule has 3 rings (SSSR count). The highest BCUT2D eigenvalue weighted by molar-refractivity contribution is 6.02. The smallest absolute Gasteiger partial charge is 0.407 e. The van der Waals surface area contributed by atoms with Crippen molar-refractivity contribution in [2.75, 3.05) is 13.2 Å². The van der Waals surface area contributed by atoms with E-state index in [2.05, 4.69) is 21.8 Å². The summed E-state index contributed by atoms with van der Waals surface area (Å²) in [4.78, 5) is 24.5. The Balaban J connectivity index is 1.75. The molecule has 0 radical (unpaired) electrons. The van der Waals surface area contributed by atoms with Crippen LogP contribution in [0.25, 0.3) is 10.8 Å². The molecule has 0 fully saturated rings. The van der Waals surface area contributed by atoms with E-state index in [1.54, 1.807) is 6.92 Å². The number of hydrazone groups is 1. The topological polar surface area (TPSA) is 89.0 Å². The van der Waals surface area contributed by atoms with E-state index in [0.29, 0.717) is 11.3 Å². The molecule has 3 aromatic rings. The van der Waals surface area contributed by atoms with Gasteiger partial charge in [-0.25, -0.2) is 10.2 Å². The number of carbonyl (C=O) groups excluding carboxylic acids is 2. The second-order valence-corrected chi connectivity index (χ2v) is 7.02. The summed E-state index contributed by atoms with van der Waals surface area (Å²) in [6, 6.07) is 20.1. The number of nitrogens with zero attached hydrogens (tertiary/aromatic N) is 1. The number of amides is 2. The first-order valence-corrected chi connectivity index (χ1v) is 10.5. The Morgan fingerprint density at radius 2 is 1.85 bits per heavy atom. The van der Waals surface area contributed by atoms with Gasteiger partial charge in [-0.3, -0.25) is 4.79 Å². The van der Waals surface area contributed by atoms with Crippen molar-refractivity contribution in [2.45, 2.75) is 19.4 Å². The lowest BCUT2D eigenvalue weighted by Gasteiger charge is -2.18. The first-order chi connectivity index (χ1) is 16.1. The summed E-state index contributed by atoms with van der Waals surface area (Å²) < 4.78 is 10.6. The predicted molar refractivity (Wildman–Crippen MR) is 128 cm³/mol. The van der Waals surface area contributed by atoms with Crippen LogP contribution in [0.2, 0.25) is 0 Å². The molecular weight excluding hydrogens is 418 g/mol. The Morgan fingerprint density at radius 3 is 2.61 bits per heavy atom. The molecule has 33 heavy (non-hydrogen) atoms. The highest BCUT2D eigenvalue weighted by Gasteiger charge is 2.19. The van der Waals surface area contributed by atoms with Crippen LogP contribution in [-0.4, -0.2) is 31.4 Å². The average Bonchev–Trinajstić information content (AvgIpc) is 2.83. The molecule has 0 heterocycles. The summed E-state index contributed by atoms with van der Waals surface area (Å²) in [5.41, 5.74) is 4.01. The van der Waals surface area contributed by atoms with Gasteiger partial charge in [0.05, 0.1) is 25.3 Å². The van der Waals surface area contributed by atoms with Gasteiger partial charge in [0.1, 0.15) is 12.4 Å². The largest absolute Gasteiger partial charge is 0.480 e. The molecule has 0 aromatic heterocycles. The second-order valence-electron chi connectivity index (χ2n) is 7.02. The van der Waals surface area contributed by atoms with Crippen molar-refractivity contribution in [3.63, 3.8) is 0 Å². The zero-order chi connectivity index (χ0) is 23.5. The van der Waals surface area contributed by atoms with Crippen LogP contribution in [0.1, 0.15) is 30.5 Å². The second kappa shape index (κ2) is 11.9. The number of fused-ring (bicyclic) bond motifs is 1. The van der Waals surface area contributed by atoms with E-state index in [0.717, 1.165) is 16.3 Å². The van der Waals surface area contributed by atoms with Crippen LogP contribution in [0.3, 0.4) is 0 Å². The van der Waals surface area contributed by atoms with Crippen LogP contribution >= 0.6 is 0 Å². The zero-order valence-electron chi connectivity index (χ0n) is 18.3. The highest BCUT2D eigenvalue weighted by atomic mass is 16.5. The van der Waals surface area contributed by atoms with Gasteiger partial charge in [0.25, 0.3) is 0 Å². The normalized spacial score (nSPS) is 11.5. The molecule has 0 aliphatic rings. The Hall–Kier alpha value is -4.31. The standard InChI is InChI=1S/C26H25N3O4/c1-3-16-33-24-15-14-19-10-8-9-13-21(19)22(24)18-27-29-25(30)17-23(28-26(31)32-4-2)20-11-6-5-7-12-20/h1,5-15,18,23H,4,16-17H2,2H3,(H,28,31)(H,29,30)/b27-18-/t23-/m0/s1. The Labute approximate surface area is 192 Å². The molecule has 2 amide bonds. The van der Waals surface area contributed by atoms with Crippen molar-refractivity contribution in [3.8, 4) is 18.1 Å². The third-order valence-electron chi connectivity index (χ3n) is 4.78. The lowest BCUT2D eigenvalue weighted by molar-refractivity contribution is -0.121. The van der Waals surface area contributed by atoms with Gasteiger partial charge in [0, 0.05) is 5.56 Å². The first-order valence-electron chi connectivity index (χ1n) is 10.5. The minimum Gasteiger partial charge on any atom is -0.480 e. The highest BCUT2D eigenvalue weighted by Crippen LogP contribution is 2.26. The molecule has 1 atom stereocenters. The summed E-state index contributed by atoms with van der Waals surface area (Å²) in [6.45, 7) is 2.07. The fourth-order valence-corrected chi connectivity index (χ4v) is 3.31. The molecule has 0 saturated carbocycles. The quantitative estimate of drug-likeness (QED) is 0.295. The molecule has 7 heteroatoms. The third-order valence-corrected chi connectivity index (χ3v) is 4.78. The van der Waals surface area contributed by atoms with Crippen LogP contribution in [0.4, 0.5) is 4.79 Å². The molecule has 0 spiro atoms. The van der Waals surface area contributed by atoms with Crippen molar-refractivity contribution in [2.24, 2.45) is 5.10 Å². The van der Waals surface area contributed by atoms with E-state index in [-0.39, 0.29) is 25.5 Å². The number of alkyl carbamates (subject to hydrolysis) is 1.